The lowest BCUT2D eigenvalue weighted by molar-refractivity contribution is -0.384. The highest BCUT2D eigenvalue weighted by molar-refractivity contribution is 5.86. The van der Waals surface area contributed by atoms with E-state index in [9.17, 15) is 14.9 Å². The first-order chi connectivity index (χ1) is 12.0. The molecule has 0 aliphatic rings. The number of ether oxygens (including phenoxy) is 1. The highest BCUT2D eigenvalue weighted by atomic mass is 16.6. The first-order valence-electron chi connectivity index (χ1n) is 7.10. The van der Waals surface area contributed by atoms with Crippen molar-refractivity contribution in [2.45, 2.75) is 13.0 Å². The van der Waals surface area contributed by atoms with Crippen LogP contribution in [0.3, 0.4) is 0 Å². The van der Waals surface area contributed by atoms with Gasteiger partial charge in [0.25, 0.3) is 11.6 Å². The Morgan fingerprint density at radius 1 is 1.24 bits per heavy atom. The number of carbonyl (C=O) groups is 1. The molecule has 0 amide bonds. The molecule has 0 aliphatic heterocycles. The molecule has 0 fully saturated rings. The van der Waals surface area contributed by atoms with E-state index >= 15 is 0 Å². The van der Waals surface area contributed by atoms with Crippen LogP contribution in [0.4, 0.5) is 5.69 Å². The van der Waals surface area contributed by atoms with Gasteiger partial charge < -0.3 is 9.15 Å². The van der Waals surface area contributed by atoms with Gasteiger partial charge in [-0.3, -0.25) is 15.1 Å². The molecular weight excluding hydrogens is 330 g/mol. The number of nitro groups is 1. The summed E-state index contributed by atoms with van der Waals surface area (Å²) in [7, 11) is 0. The predicted molar refractivity (Wildman–Crippen MR) is 82.3 cm³/mol. The monoisotopic (exact) mass is 341 g/mol. The number of hydrogen-bond donors (Lipinski definition) is 0. The van der Waals surface area contributed by atoms with Gasteiger partial charge in [0.2, 0.25) is 5.89 Å². The minimum Gasteiger partial charge on any atom is -0.448 e. The highest BCUT2D eigenvalue weighted by Crippen LogP contribution is 2.24. The largest absolute Gasteiger partial charge is 0.448 e. The molecule has 0 saturated heterocycles. The second-order valence-electron chi connectivity index (χ2n) is 4.89. The molecule has 25 heavy (non-hydrogen) atoms. The molecule has 0 aliphatic carbocycles. The zero-order chi connectivity index (χ0) is 17.8. The van der Waals surface area contributed by atoms with Crippen LogP contribution in [0.5, 0.6) is 0 Å². The van der Waals surface area contributed by atoms with Gasteiger partial charge in [-0.25, -0.2) is 9.78 Å². The van der Waals surface area contributed by atoms with Crippen molar-refractivity contribution in [2.75, 3.05) is 0 Å². The Balaban J connectivity index is 1.72. The third-order valence-corrected chi connectivity index (χ3v) is 3.17. The molecule has 126 valence electrons. The maximum absolute atomic E-state index is 11.9. The van der Waals surface area contributed by atoms with E-state index in [2.05, 4.69) is 20.2 Å². The van der Waals surface area contributed by atoms with Crippen LogP contribution < -0.4 is 0 Å². The van der Waals surface area contributed by atoms with Gasteiger partial charge in [0.05, 0.1) is 11.1 Å². The fraction of sp³-hybridized carbons (Fsp3) is 0.133. The Morgan fingerprint density at radius 3 is 2.64 bits per heavy atom. The average molecular weight is 341 g/mol. The lowest BCUT2D eigenvalue weighted by Gasteiger charge is -2.08. The Labute approximate surface area is 140 Å². The van der Waals surface area contributed by atoms with E-state index in [4.69, 9.17) is 9.15 Å². The van der Waals surface area contributed by atoms with Crippen LogP contribution in [0.2, 0.25) is 0 Å². The fourth-order valence-corrected chi connectivity index (χ4v) is 1.92. The van der Waals surface area contributed by atoms with Crippen LogP contribution in [-0.4, -0.2) is 31.1 Å². The van der Waals surface area contributed by atoms with Crippen LogP contribution in [0.25, 0.3) is 11.5 Å². The number of benzene rings is 1. The SMILES string of the molecule is C[C@@H](OC(=O)c1cnccn1)c1nnc(-c2ccc([N+](=O)[O-])cc2)o1. The molecule has 10 heteroatoms. The summed E-state index contributed by atoms with van der Waals surface area (Å²) in [6.45, 7) is 1.57. The van der Waals surface area contributed by atoms with E-state index < -0.39 is 17.0 Å². The summed E-state index contributed by atoms with van der Waals surface area (Å²) >= 11 is 0. The van der Waals surface area contributed by atoms with Crippen molar-refractivity contribution in [3.05, 3.63) is 64.6 Å². The van der Waals surface area contributed by atoms with E-state index in [0.29, 0.717) is 5.56 Å². The third kappa shape index (κ3) is 3.63. The van der Waals surface area contributed by atoms with Crippen LogP contribution in [0.15, 0.2) is 47.3 Å². The van der Waals surface area contributed by atoms with Crippen molar-refractivity contribution in [3.8, 4) is 11.5 Å². The molecular formula is C15H11N5O5. The van der Waals surface area contributed by atoms with Crippen LogP contribution in [0, 0.1) is 10.1 Å². The lowest BCUT2D eigenvalue weighted by Crippen LogP contribution is -2.11. The van der Waals surface area contributed by atoms with E-state index in [0.717, 1.165) is 0 Å². The Morgan fingerprint density at radius 2 is 2.00 bits per heavy atom. The van der Waals surface area contributed by atoms with Crippen LogP contribution in [0.1, 0.15) is 29.4 Å². The van der Waals surface area contributed by atoms with E-state index in [1.54, 1.807) is 6.92 Å². The van der Waals surface area contributed by atoms with Crippen molar-refractivity contribution in [3.63, 3.8) is 0 Å². The number of hydrogen-bond acceptors (Lipinski definition) is 9. The maximum Gasteiger partial charge on any atom is 0.359 e. The highest BCUT2D eigenvalue weighted by Gasteiger charge is 2.21. The molecule has 0 spiro atoms. The first kappa shape index (κ1) is 16.2. The van der Waals surface area contributed by atoms with Crippen molar-refractivity contribution < 1.29 is 18.9 Å². The molecule has 0 radical (unpaired) electrons. The molecule has 1 aromatic carbocycles. The second kappa shape index (κ2) is 6.83. The molecule has 3 rings (SSSR count). The first-order valence-corrected chi connectivity index (χ1v) is 7.10. The van der Waals surface area contributed by atoms with Crippen molar-refractivity contribution in [1.82, 2.24) is 20.2 Å². The van der Waals surface area contributed by atoms with Gasteiger partial charge in [-0.15, -0.1) is 10.2 Å². The van der Waals surface area contributed by atoms with Gasteiger partial charge in [0, 0.05) is 30.1 Å². The van der Waals surface area contributed by atoms with Gasteiger partial charge in [-0.05, 0) is 19.1 Å². The minimum absolute atomic E-state index is 0.0465. The van der Waals surface area contributed by atoms with Gasteiger partial charge in [-0.2, -0.15) is 0 Å². The van der Waals surface area contributed by atoms with E-state index in [1.807, 2.05) is 0 Å². The van der Waals surface area contributed by atoms with Crippen molar-refractivity contribution in [1.29, 1.82) is 0 Å². The molecule has 0 unspecified atom stereocenters. The average Bonchev–Trinajstić information content (AvgIpc) is 3.13. The molecule has 0 N–H and O–H groups in total. The van der Waals surface area contributed by atoms with Gasteiger partial charge in [-0.1, -0.05) is 0 Å². The number of carbonyl (C=O) groups excluding carboxylic acids is 1. The molecule has 1 atom stereocenters. The smallest absolute Gasteiger partial charge is 0.359 e. The lowest BCUT2D eigenvalue weighted by atomic mass is 10.2. The number of non-ortho nitro benzene ring substituents is 1. The van der Waals surface area contributed by atoms with Crippen molar-refractivity contribution >= 4 is 11.7 Å². The number of rotatable bonds is 5. The second-order valence-corrected chi connectivity index (χ2v) is 4.89. The predicted octanol–water partition coefficient (Wildman–Crippen LogP) is 2.35. The zero-order valence-electron chi connectivity index (χ0n) is 12.9. The third-order valence-electron chi connectivity index (χ3n) is 3.17. The van der Waals surface area contributed by atoms with Crippen LogP contribution in [-0.2, 0) is 4.74 Å². The topological polar surface area (TPSA) is 134 Å². The van der Waals surface area contributed by atoms with Gasteiger partial charge >= 0.3 is 5.97 Å². The Hall–Kier alpha value is -3.69. The minimum atomic E-state index is -0.797. The van der Waals surface area contributed by atoms with E-state index in [1.165, 1.54) is 42.9 Å². The molecule has 2 aromatic heterocycles. The number of esters is 1. The Kier molecular flexibility index (Phi) is 4.42. The van der Waals surface area contributed by atoms with Crippen LogP contribution >= 0.6 is 0 Å². The molecule has 10 nitrogen and oxygen atoms in total. The van der Waals surface area contributed by atoms with Gasteiger partial charge in [0.1, 0.15) is 0 Å². The summed E-state index contributed by atoms with van der Waals surface area (Å²) in [5, 5.41) is 18.3. The summed E-state index contributed by atoms with van der Waals surface area (Å²) in [4.78, 5) is 29.7. The maximum atomic E-state index is 11.9. The summed E-state index contributed by atoms with van der Waals surface area (Å²) < 4.78 is 10.7. The zero-order valence-corrected chi connectivity index (χ0v) is 12.9. The summed E-state index contributed by atoms with van der Waals surface area (Å²) in [5.74, 6) is -0.423. The van der Waals surface area contributed by atoms with E-state index in [-0.39, 0.29) is 23.2 Å². The number of nitro benzene ring substituents is 1. The summed E-state index contributed by atoms with van der Waals surface area (Å²) in [6, 6.07) is 5.64. The normalized spacial score (nSPS) is 11.7. The number of aromatic nitrogens is 4. The van der Waals surface area contributed by atoms with Gasteiger partial charge in [0.15, 0.2) is 11.8 Å². The molecule has 3 aromatic rings. The molecule has 0 bridgehead atoms. The quantitative estimate of drug-likeness (QED) is 0.389. The molecule has 2 heterocycles. The summed E-state index contributed by atoms with van der Waals surface area (Å²) in [6.07, 6.45) is 3.30. The number of nitrogens with zero attached hydrogens (tertiary/aromatic N) is 5. The standard InChI is InChI=1S/C15H11N5O5/c1-9(24-15(21)12-8-16-6-7-17-12)13-18-19-14(25-13)10-2-4-11(5-3-10)20(22)23/h2-9H,1H3/t9-/m1/s1. The Bertz CT molecular complexity index is 894. The molecule has 0 saturated carbocycles. The summed E-state index contributed by atoms with van der Waals surface area (Å²) in [5.41, 5.74) is 0.524. The van der Waals surface area contributed by atoms with Crippen molar-refractivity contribution in [2.24, 2.45) is 0 Å². The fourth-order valence-electron chi connectivity index (χ4n) is 1.92.